The Morgan fingerprint density at radius 3 is 2.79 bits per heavy atom. The highest BCUT2D eigenvalue weighted by molar-refractivity contribution is 5.85. The molecule has 1 N–H and O–H groups in total. The summed E-state index contributed by atoms with van der Waals surface area (Å²) in [7, 11) is 0. The summed E-state index contributed by atoms with van der Waals surface area (Å²) in [6.07, 6.45) is 1.03. The van der Waals surface area contributed by atoms with Crippen LogP contribution in [0.2, 0.25) is 0 Å². The van der Waals surface area contributed by atoms with Crippen molar-refractivity contribution in [2.24, 2.45) is 5.41 Å². The number of hydrogen-bond acceptors (Lipinski definition) is 3. The van der Waals surface area contributed by atoms with Gasteiger partial charge in [0, 0.05) is 5.56 Å². The molecular weight excluding hydrogens is 240 g/mol. The van der Waals surface area contributed by atoms with Gasteiger partial charge in [0.05, 0.1) is 12.1 Å². The molecule has 0 fully saturated rings. The molecule has 4 nitrogen and oxygen atoms in total. The molecule has 1 aliphatic rings. The molecule has 1 aliphatic heterocycles. The Labute approximate surface area is 113 Å². The highest BCUT2D eigenvalue weighted by atomic mass is 16.5. The average Bonchev–Trinajstić information content (AvgIpc) is 2.85. The van der Waals surface area contributed by atoms with Gasteiger partial charge in [-0.05, 0) is 18.9 Å². The fourth-order valence-electron chi connectivity index (χ4n) is 2.36. The maximum absolute atomic E-state index is 12.3. The molecule has 0 aromatic heterocycles. The third-order valence-electron chi connectivity index (χ3n) is 3.86. The SMILES string of the molecule is CCC(C#N)(CC)C(=O)NC1COc2ccccc21. The number of fused-ring (bicyclic) bond motifs is 1. The largest absolute Gasteiger partial charge is 0.491 e. The van der Waals surface area contributed by atoms with Crippen LogP contribution in [-0.4, -0.2) is 12.5 Å². The van der Waals surface area contributed by atoms with Gasteiger partial charge in [0.15, 0.2) is 0 Å². The van der Waals surface area contributed by atoms with E-state index in [1.165, 1.54) is 0 Å². The molecule has 0 saturated heterocycles. The van der Waals surface area contributed by atoms with Crippen LogP contribution < -0.4 is 10.1 Å². The maximum atomic E-state index is 12.3. The number of carbonyl (C=O) groups excluding carboxylic acids is 1. The summed E-state index contributed by atoms with van der Waals surface area (Å²) in [6, 6.07) is 9.66. The van der Waals surface area contributed by atoms with Gasteiger partial charge in [-0.15, -0.1) is 0 Å². The molecule has 0 aliphatic carbocycles. The van der Waals surface area contributed by atoms with E-state index in [-0.39, 0.29) is 11.9 Å². The van der Waals surface area contributed by atoms with Crippen LogP contribution >= 0.6 is 0 Å². The zero-order chi connectivity index (χ0) is 13.9. The molecule has 0 saturated carbocycles. The summed E-state index contributed by atoms with van der Waals surface area (Å²) in [5, 5.41) is 12.2. The monoisotopic (exact) mass is 258 g/mol. The van der Waals surface area contributed by atoms with E-state index in [0.717, 1.165) is 11.3 Å². The minimum Gasteiger partial charge on any atom is -0.491 e. The van der Waals surface area contributed by atoms with Gasteiger partial charge >= 0.3 is 0 Å². The Morgan fingerprint density at radius 1 is 1.47 bits per heavy atom. The molecule has 0 spiro atoms. The normalized spacial score (nSPS) is 17.2. The number of ether oxygens (including phenoxy) is 1. The Bertz CT molecular complexity index is 515. The first kappa shape index (κ1) is 13.4. The minimum absolute atomic E-state index is 0.158. The summed E-state index contributed by atoms with van der Waals surface area (Å²) >= 11 is 0. The van der Waals surface area contributed by atoms with Crippen LogP contribution in [0.4, 0.5) is 0 Å². The van der Waals surface area contributed by atoms with Crippen molar-refractivity contribution >= 4 is 5.91 Å². The first-order valence-electron chi connectivity index (χ1n) is 6.60. The molecule has 1 unspecified atom stereocenters. The second-order valence-corrected chi connectivity index (χ2v) is 4.78. The van der Waals surface area contributed by atoms with Crippen LogP contribution in [0.5, 0.6) is 5.75 Å². The van der Waals surface area contributed by atoms with Crippen LogP contribution in [0.3, 0.4) is 0 Å². The molecule has 19 heavy (non-hydrogen) atoms. The zero-order valence-electron chi connectivity index (χ0n) is 11.3. The molecular formula is C15H18N2O2. The van der Waals surface area contributed by atoms with Crippen LogP contribution in [-0.2, 0) is 4.79 Å². The summed E-state index contributed by atoms with van der Waals surface area (Å²) in [4.78, 5) is 12.3. The lowest BCUT2D eigenvalue weighted by molar-refractivity contribution is -0.129. The highest BCUT2D eigenvalue weighted by Gasteiger charge is 2.37. The Kier molecular flexibility index (Phi) is 3.75. The number of para-hydroxylation sites is 1. The van der Waals surface area contributed by atoms with Gasteiger partial charge in [-0.1, -0.05) is 32.0 Å². The number of rotatable bonds is 4. The van der Waals surface area contributed by atoms with E-state index in [1.54, 1.807) is 0 Å². The van der Waals surface area contributed by atoms with E-state index in [9.17, 15) is 10.1 Å². The van der Waals surface area contributed by atoms with Crippen LogP contribution in [0, 0.1) is 16.7 Å². The second kappa shape index (κ2) is 5.31. The number of nitrogens with zero attached hydrogens (tertiary/aromatic N) is 1. The van der Waals surface area contributed by atoms with Gasteiger partial charge in [-0.25, -0.2) is 0 Å². The van der Waals surface area contributed by atoms with Gasteiger partial charge in [0.1, 0.15) is 17.8 Å². The third-order valence-corrected chi connectivity index (χ3v) is 3.86. The lowest BCUT2D eigenvalue weighted by atomic mass is 9.82. The quantitative estimate of drug-likeness (QED) is 0.902. The van der Waals surface area contributed by atoms with Crippen molar-refractivity contribution in [2.45, 2.75) is 32.7 Å². The molecule has 100 valence electrons. The van der Waals surface area contributed by atoms with Gasteiger partial charge in [0.2, 0.25) is 5.91 Å². The topological polar surface area (TPSA) is 62.1 Å². The van der Waals surface area contributed by atoms with Gasteiger partial charge < -0.3 is 10.1 Å². The van der Waals surface area contributed by atoms with E-state index < -0.39 is 5.41 Å². The summed E-state index contributed by atoms with van der Waals surface area (Å²) in [5.74, 6) is 0.605. The predicted molar refractivity (Wildman–Crippen MR) is 71.4 cm³/mol. The number of hydrogen-bond donors (Lipinski definition) is 1. The van der Waals surface area contributed by atoms with E-state index in [1.807, 2.05) is 38.1 Å². The van der Waals surface area contributed by atoms with Gasteiger partial charge in [-0.3, -0.25) is 4.79 Å². The summed E-state index contributed by atoms with van der Waals surface area (Å²) in [6.45, 7) is 4.16. The molecule has 1 heterocycles. The van der Waals surface area contributed by atoms with Crippen molar-refractivity contribution in [3.63, 3.8) is 0 Å². The van der Waals surface area contributed by atoms with Gasteiger partial charge in [-0.2, -0.15) is 5.26 Å². The number of nitriles is 1. The van der Waals surface area contributed by atoms with E-state index in [0.29, 0.717) is 19.4 Å². The number of benzene rings is 1. The Balaban J connectivity index is 2.16. The first-order valence-corrected chi connectivity index (χ1v) is 6.60. The molecule has 4 heteroatoms. The average molecular weight is 258 g/mol. The molecule has 0 radical (unpaired) electrons. The number of nitrogens with one attached hydrogen (secondary N) is 1. The third kappa shape index (κ3) is 2.28. The molecule has 0 bridgehead atoms. The van der Waals surface area contributed by atoms with E-state index in [2.05, 4.69) is 11.4 Å². The van der Waals surface area contributed by atoms with Crippen molar-refractivity contribution in [3.8, 4) is 11.8 Å². The van der Waals surface area contributed by atoms with E-state index >= 15 is 0 Å². The standard InChI is InChI=1S/C15H18N2O2/c1-3-15(4-2,10-16)14(18)17-12-9-19-13-8-6-5-7-11(12)13/h5-8,12H,3-4,9H2,1-2H3,(H,17,18). The number of amides is 1. The zero-order valence-corrected chi connectivity index (χ0v) is 11.3. The molecule has 2 rings (SSSR count). The molecule has 1 aromatic carbocycles. The van der Waals surface area contributed by atoms with Crippen LogP contribution in [0.25, 0.3) is 0 Å². The van der Waals surface area contributed by atoms with Crippen molar-refractivity contribution in [2.75, 3.05) is 6.61 Å². The smallest absolute Gasteiger partial charge is 0.241 e. The van der Waals surface area contributed by atoms with Crippen molar-refractivity contribution in [1.82, 2.24) is 5.32 Å². The fraction of sp³-hybridized carbons (Fsp3) is 0.467. The van der Waals surface area contributed by atoms with Crippen LogP contribution in [0.1, 0.15) is 38.3 Å². The Hall–Kier alpha value is -2.02. The molecule has 1 atom stereocenters. The lowest BCUT2D eigenvalue weighted by Crippen LogP contribution is -2.41. The van der Waals surface area contributed by atoms with Crippen LogP contribution in [0.15, 0.2) is 24.3 Å². The highest BCUT2D eigenvalue weighted by Crippen LogP contribution is 2.33. The van der Waals surface area contributed by atoms with Gasteiger partial charge in [0.25, 0.3) is 0 Å². The first-order chi connectivity index (χ1) is 9.16. The molecule has 1 aromatic rings. The second-order valence-electron chi connectivity index (χ2n) is 4.78. The maximum Gasteiger partial charge on any atom is 0.241 e. The van der Waals surface area contributed by atoms with Crippen molar-refractivity contribution in [1.29, 1.82) is 5.26 Å². The Morgan fingerprint density at radius 2 is 2.16 bits per heavy atom. The van der Waals surface area contributed by atoms with Crippen molar-refractivity contribution < 1.29 is 9.53 Å². The van der Waals surface area contributed by atoms with E-state index in [4.69, 9.17) is 4.74 Å². The number of carbonyl (C=O) groups is 1. The molecule has 1 amide bonds. The lowest BCUT2D eigenvalue weighted by Gasteiger charge is -2.24. The van der Waals surface area contributed by atoms with Crippen molar-refractivity contribution in [3.05, 3.63) is 29.8 Å². The summed E-state index contributed by atoms with van der Waals surface area (Å²) < 4.78 is 5.53. The fourth-order valence-corrected chi connectivity index (χ4v) is 2.36. The minimum atomic E-state index is -0.933. The summed E-state index contributed by atoms with van der Waals surface area (Å²) in [5.41, 5.74) is 0.0484. The predicted octanol–water partition coefficient (Wildman–Crippen LogP) is 2.57.